The van der Waals surface area contributed by atoms with Gasteiger partial charge in [0.2, 0.25) is 17.6 Å². The zero-order valence-electron chi connectivity index (χ0n) is 23.1. The Morgan fingerprint density at radius 3 is 2.24 bits per heavy atom. The van der Waals surface area contributed by atoms with E-state index in [-0.39, 0.29) is 39.5 Å². The molecule has 2 atom stereocenters. The normalized spacial score (nSPS) is 16.4. The summed E-state index contributed by atoms with van der Waals surface area (Å²) in [6, 6.07) is 16.1. The minimum atomic E-state index is -1.07. The predicted octanol–water partition coefficient (Wildman–Crippen LogP) is 3.32. The van der Waals surface area contributed by atoms with E-state index in [9.17, 15) is 24.6 Å². The fourth-order valence-electron chi connectivity index (χ4n) is 4.17. The Balaban J connectivity index is 1.65. The number of benzene rings is 3. The van der Waals surface area contributed by atoms with Crippen molar-refractivity contribution >= 4 is 46.4 Å². The first-order valence-corrected chi connectivity index (χ1v) is 13.6. The van der Waals surface area contributed by atoms with Crippen LogP contribution in [0.3, 0.4) is 0 Å². The van der Waals surface area contributed by atoms with Crippen molar-refractivity contribution in [2.75, 3.05) is 14.2 Å². The highest BCUT2D eigenvalue weighted by Gasteiger charge is 2.40. The summed E-state index contributed by atoms with van der Waals surface area (Å²) in [5.74, 6) is -1.65. The predicted molar refractivity (Wildman–Crippen MR) is 160 cm³/mol. The Morgan fingerprint density at radius 2 is 1.67 bits per heavy atom. The van der Waals surface area contributed by atoms with Crippen LogP contribution < -0.4 is 20.5 Å². The lowest BCUT2D eigenvalue weighted by molar-refractivity contribution is -0.134. The Kier molecular flexibility index (Phi) is 9.38. The number of amidine groups is 1. The van der Waals surface area contributed by atoms with Gasteiger partial charge in [0.15, 0.2) is 16.7 Å². The monoisotopic (exact) mass is 590 g/mol. The molecule has 1 aliphatic heterocycles. The van der Waals surface area contributed by atoms with Crippen LogP contribution in [-0.2, 0) is 20.8 Å². The van der Waals surface area contributed by atoms with E-state index in [0.717, 1.165) is 11.8 Å². The molecule has 5 N–H and O–H groups in total. The molecule has 0 saturated carbocycles. The third-order valence-corrected chi connectivity index (χ3v) is 7.40. The summed E-state index contributed by atoms with van der Waals surface area (Å²) >= 11 is 1.07. The first-order chi connectivity index (χ1) is 20.1. The van der Waals surface area contributed by atoms with Crippen molar-refractivity contribution in [1.82, 2.24) is 10.2 Å². The van der Waals surface area contributed by atoms with Gasteiger partial charge in [0.1, 0.15) is 17.8 Å². The molecule has 11 nitrogen and oxygen atoms in total. The van der Waals surface area contributed by atoms with E-state index in [4.69, 9.17) is 15.2 Å². The molecule has 1 heterocycles. The minimum Gasteiger partial charge on any atom is -0.508 e. The lowest BCUT2D eigenvalue weighted by atomic mass is 10.0. The number of carbonyl (C=O) groups excluding carboxylic acids is 3. The first-order valence-electron chi connectivity index (χ1n) is 12.8. The molecule has 42 heavy (non-hydrogen) atoms. The maximum Gasteiger partial charge on any atom is 0.267 e. The van der Waals surface area contributed by atoms with Gasteiger partial charge >= 0.3 is 0 Å². The number of rotatable bonds is 10. The van der Waals surface area contributed by atoms with Crippen LogP contribution in [0.4, 0.5) is 5.69 Å². The fraction of sp³-hybridized carbons (Fsp3) is 0.200. The molecule has 12 heteroatoms. The maximum absolute atomic E-state index is 13.7. The van der Waals surface area contributed by atoms with Crippen molar-refractivity contribution in [3.8, 4) is 23.0 Å². The van der Waals surface area contributed by atoms with Crippen molar-refractivity contribution in [2.24, 2.45) is 10.7 Å². The van der Waals surface area contributed by atoms with E-state index in [1.165, 1.54) is 38.2 Å². The molecule has 218 valence electrons. The number of para-hydroxylation sites is 1. The van der Waals surface area contributed by atoms with Gasteiger partial charge in [0.05, 0.1) is 24.8 Å². The molecule has 0 radical (unpaired) electrons. The molecule has 0 aromatic heterocycles. The number of phenols is 2. The van der Waals surface area contributed by atoms with E-state index in [1.807, 2.05) is 6.07 Å². The summed E-state index contributed by atoms with van der Waals surface area (Å²) in [5.41, 5.74) is 7.34. The van der Waals surface area contributed by atoms with Crippen LogP contribution >= 0.6 is 11.8 Å². The second-order valence-electron chi connectivity index (χ2n) is 9.30. The number of nitrogens with two attached hydrogens (primary N) is 1. The van der Waals surface area contributed by atoms with Crippen LogP contribution in [0.15, 0.2) is 76.6 Å². The van der Waals surface area contributed by atoms with Crippen LogP contribution in [0.1, 0.15) is 18.1 Å². The highest BCUT2D eigenvalue weighted by atomic mass is 32.2. The van der Waals surface area contributed by atoms with E-state index < -0.39 is 29.8 Å². The van der Waals surface area contributed by atoms with Gasteiger partial charge in [-0.05, 0) is 72.3 Å². The molecule has 1 fully saturated rings. The highest BCUT2D eigenvalue weighted by molar-refractivity contribution is 8.18. The Morgan fingerprint density at radius 1 is 1.05 bits per heavy atom. The van der Waals surface area contributed by atoms with E-state index in [1.54, 1.807) is 54.6 Å². The number of ether oxygens (including phenoxy) is 2. The number of carbonyl (C=O) groups is 3. The van der Waals surface area contributed by atoms with Crippen molar-refractivity contribution in [1.29, 1.82) is 0 Å². The van der Waals surface area contributed by atoms with Gasteiger partial charge in [0.25, 0.3) is 5.91 Å². The van der Waals surface area contributed by atoms with E-state index in [0.29, 0.717) is 16.8 Å². The van der Waals surface area contributed by atoms with Crippen LogP contribution in [0.5, 0.6) is 23.0 Å². The number of phenolic OH excluding ortho intramolecular Hbond substituents is 2. The van der Waals surface area contributed by atoms with Gasteiger partial charge in [-0.25, -0.2) is 4.99 Å². The number of aromatic hydroxyl groups is 2. The molecule has 4 rings (SSSR count). The number of aliphatic imine (C=N–C) groups is 1. The number of thioether (sulfide) groups is 1. The lowest BCUT2D eigenvalue weighted by Crippen LogP contribution is -2.53. The molecule has 0 spiro atoms. The van der Waals surface area contributed by atoms with Gasteiger partial charge in [-0.2, -0.15) is 0 Å². The fourth-order valence-corrected chi connectivity index (χ4v) is 5.24. The minimum absolute atomic E-state index is 0.0652. The molecule has 3 amide bonds. The summed E-state index contributed by atoms with van der Waals surface area (Å²) in [4.78, 5) is 45.5. The Labute approximate surface area is 246 Å². The van der Waals surface area contributed by atoms with Gasteiger partial charge < -0.3 is 30.7 Å². The van der Waals surface area contributed by atoms with Gasteiger partial charge in [-0.15, -0.1) is 0 Å². The number of nitrogens with zero attached hydrogens (tertiary/aromatic N) is 2. The summed E-state index contributed by atoms with van der Waals surface area (Å²) in [7, 11) is 2.79. The van der Waals surface area contributed by atoms with Crippen molar-refractivity contribution < 1.29 is 34.1 Å². The Hall–Kier alpha value is -4.97. The number of hydrogen-bond donors (Lipinski definition) is 4. The quantitative estimate of drug-likeness (QED) is 0.261. The number of primary amides is 1. The smallest absolute Gasteiger partial charge is 0.267 e. The average Bonchev–Trinajstić information content (AvgIpc) is 3.28. The number of hydrogen-bond acceptors (Lipinski definition) is 9. The van der Waals surface area contributed by atoms with Gasteiger partial charge in [0, 0.05) is 6.42 Å². The topological polar surface area (TPSA) is 164 Å². The summed E-state index contributed by atoms with van der Waals surface area (Å²) in [6.07, 6.45) is 1.68. The van der Waals surface area contributed by atoms with Crippen molar-refractivity contribution in [3.63, 3.8) is 0 Å². The maximum atomic E-state index is 13.7. The zero-order chi connectivity index (χ0) is 30.4. The van der Waals surface area contributed by atoms with Crippen LogP contribution in [0, 0.1) is 0 Å². The van der Waals surface area contributed by atoms with E-state index >= 15 is 0 Å². The third-order valence-electron chi connectivity index (χ3n) is 6.42. The summed E-state index contributed by atoms with van der Waals surface area (Å²) in [6.45, 7) is 1.53. The Bertz CT molecular complexity index is 1520. The van der Waals surface area contributed by atoms with Crippen molar-refractivity contribution in [3.05, 3.63) is 82.8 Å². The molecular formula is C30H30N4O7S. The second-order valence-corrected chi connectivity index (χ2v) is 10.3. The molecule has 1 aliphatic rings. The first kappa shape index (κ1) is 30.0. The van der Waals surface area contributed by atoms with Crippen LogP contribution in [0.2, 0.25) is 0 Å². The zero-order valence-corrected chi connectivity index (χ0v) is 23.9. The SMILES string of the molecule is COc1cc(/C=C2\S/C(=N\c3ccccc3)N([C@@H](C)C(=O)N[C@@H](Cc3ccc(O)cc3)C(N)=O)C2=O)cc(OC)c1O. The van der Waals surface area contributed by atoms with Crippen LogP contribution in [0.25, 0.3) is 6.08 Å². The highest BCUT2D eigenvalue weighted by Crippen LogP contribution is 2.40. The molecule has 0 bridgehead atoms. The molecule has 3 aromatic carbocycles. The molecular weight excluding hydrogens is 560 g/mol. The van der Waals surface area contributed by atoms with Gasteiger partial charge in [-0.1, -0.05) is 30.3 Å². The molecule has 3 aromatic rings. The van der Waals surface area contributed by atoms with E-state index in [2.05, 4.69) is 10.3 Å². The van der Waals surface area contributed by atoms with Crippen molar-refractivity contribution in [2.45, 2.75) is 25.4 Å². The standard InChI is InChI=1S/C30H30N4O7S/c1-17(28(38)33-22(27(31)37)13-18-9-11-21(35)12-10-18)34-29(39)25(42-30(34)32-20-7-5-4-6-8-20)16-19-14-23(40-2)26(36)24(15-19)41-3/h4-12,14-17,22,35-36H,13H2,1-3H3,(H2,31,37)(H,33,38)/b25-16-,32-30-/t17-,22-/m0/s1. The van der Waals surface area contributed by atoms with Crippen LogP contribution in [-0.4, -0.2) is 64.3 Å². The number of amides is 3. The number of nitrogens with one attached hydrogen (secondary N) is 1. The largest absolute Gasteiger partial charge is 0.508 e. The second kappa shape index (κ2) is 13.1. The molecule has 0 aliphatic carbocycles. The van der Waals surface area contributed by atoms with Gasteiger partial charge in [-0.3, -0.25) is 19.3 Å². The number of methoxy groups -OCH3 is 2. The lowest BCUT2D eigenvalue weighted by Gasteiger charge is -2.25. The molecule has 0 unspecified atom stereocenters. The molecule has 1 saturated heterocycles. The summed E-state index contributed by atoms with van der Waals surface area (Å²) < 4.78 is 10.5. The third kappa shape index (κ3) is 6.84. The summed E-state index contributed by atoms with van der Waals surface area (Å²) in [5, 5.41) is 22.7. The average molecular weight is 591 g/mol.